The molecule has 0 aromatic heterocycles. The van der Waals surface area contributed by atoms with Crippen molar-refractivity contribution < 1.29 is 45.3 Å². The van der Waals surface area contributed by atoms with Crippen LogP contribution in [0.2, 0.25) is 0 Å². The summed E-state index contributed by atoms with van der Waals surface area (Å²) in [6.07, 6.45) is 0. The Hall–Kier alpha value is 0.590. The van der Waals surface area contributed by atoms with E-state index in [2.05, 4.69) is 0 Å². The van der Waals surface area contributed by atoms with Gasteiger partial charge in [0.2, 0.25) is 0 Å². The van der Waals surface area contributed by atoms with E-state index in [4.69, 9.17) is 0 Å². The largest absolute Gasteiger partial charge is 1.00 e. The summed E-state index contributed by atoms with van der Waals surface area (Å²) in [6, 6.07) is 0. The molecule has 3 nitrogen and oxygen atoms in total. The van der Waals surface area contributed by atoms with Crippen LogP contribution in [0.15, 0.2) is 0 Å². The summed E-state index contributed by atoms with van der Waals surface area (Å²) in [6.45, 7) is 3.06. The summed E-state index contributed by atoms with van der Waals surface area (Å²) in [5.74, 6) is 0.167. The van der Waals surface area contributed by atoms with E-state index in [1.54, 1.807) is 0 Å². The summed E-state index contributed by atoms with van der Waals surface area (Å²) in [5.41, 5.74) is 0. The maximum absolute atomic E-state index is 9.44. The molecule has 0 fully saturated rings. The van der Waals surface area contributed by atoms with Gasteiger partial charge in [0.15, 0.2) is 0 Å². The summed E-state index contributed by atoms with van der Waals surface area (Å²) < 4.78 is 0. The molecule has 0 bridgehead atoms. The number of rotatable bonds is 0. The van der Waals surface area contributed by atoms with Crippen molar-refractivity contribution in [2.75, 3.05) is 0 Å². The van der Waals surface area contributed by atoms with Crippen molar-refractivity contribution in [3.8, 4) is 0 Å². The third kappa shape index (κ3) is 399. The van der Waals surface area contributed by atoms with Gasteiger partial charge in [0.1, 0.15) is 5.78 Å². The molecule has 0 saturated carbocycles. The van der Waals surface area contributed by atoms with Gasteiger partial charge in [0, 0.05) is 0 Å². The second-order valence-corrected chi connectivity index (χ2v) is 0.908. The summed E-state index contributed by atoms with van der Waals surface area (Å²) in [4.78, 5) is 9.44. The van der Waals surface area contributed by atoms with Gasteiger partial charge in [0.05, 0.1) is 0 Å². The first-order valence-corrected chi connectivity index (χ1v) is 1.20. The van der Waals surface area contributed by atoms with Crippen LogP contribution in [0, 0.1) is 0 Å². The molecular weight excluding hydrogens is 107 g/mol. The molecule has 0 saturated heterocycles. The van der Waals surface area contributed by atoms with E-state index in [0.29, 0.717) is 0 Å². The quantitative estimate of drug-likeness (QED) is 0.309. The third-order valence-corrected chi connectivity index (χ3v) is 0. The third-order valence-electron chi connectivity index (χ3n) is 0. The molecule has 0 heterocycles. The molecule has 0 amide bonds. The first-order valence-electron chi connectivity index (χ1n) is 1.20. The molecule has 0 aromatic carbocycles. The van der Waals surface area contributed by atoms with Crippen molar-refractivity contribution in [2.45, 2.75) is 13.8 Å². The molecule has 0 radical (unpaired) electrons. The zero-order chi connectivity index (χ0) is 3.58. The van der Waals surface area contributed by atoms with Crippen LogP contribution in [0.1, 0.15) is 13.8 Å². The van der Waals surface area contributed by atoms with Crippen molar-refractivity contribution in [3.63, 3.8) is 0 Å². The standard InChI is InChI=1S/C3H6O.Na.2H2O/c1-3(2)4;;;/h1-2H3;;2*1H2/q;+1;;/p-1. The van der Waals surface area contributed by atoms with E-state index in [1.165, 1.54) is 13.8 Å². The first kappa shape index (κ1) is 25.6. The number of carbonyl (C=O) groups is 1. The molecule has 0 aromatic rings. The number of ketones is 1. The van der Waals surface area contributed by atoms with E-state index < -0.39 is 0 Å². The molecule has 0 atom stereocenters. The van der Waals surface area contributed by atoms with E-state index >= 15 is 0 Å². The Balaban J connectivity index is -0.0000000150. The van der Waals surface area contributed by atoms with Crippen molar-refractivity contribution in [1.29, 1.82) is 0 Å². The van der Waals surface area contributed by atoms with Crippen LogP contribution in [-0.2, 0) is 4.79 Å². The van der Waals surface area contributed by atoms with Gasteiger partial charge < -0.3 is 15.7 Å². The van der Waals surface area contributed by atoms with Crippen molar-refractivity contribution in [2.24, 2.45) is 0 Å². The van der Waals surface area contributed by atoms with E-state index in [1.807, 2.05) is 0 Å². The molecule has 0 unspecified atom stereocenters. The molecule has 0 rings (SSSR count). The molecule has 0 aliphatic carbocycles. The van der Waals surface area contributed by atoms with Gasteiger partial charge >= 0.3 is 29.6 Å². The van der Waals surface area contributed by atoms with Gasteiger partial charge in [-0.05, 0) is 13.8 Å². The van der Waals surface area contributed by atoms with Gasteiger partial charge in [-0.3, -0.25) is 0 Å². The van der Waals surface area contributed by atoms with Crippen LogP contribution in [0.5, 0.6) is 0 Å². The first-order chi connectivity index (χ1) is 1.73. The van der Waals surface area contributed by atoms with Crippen LogP contribution in [-0.4, -0.2) is 16.7 Å². The summed E-state index contributed by atoms with van der Waals surface area (Å²) >= 11 is 0. The Kier molecular flexibility index (Phi) is 58.4. The van der Waals surface area contributed by atoms with Gasteiger partial charge in [0.25, 0.3) is 0 Å². The molecule has 4 heteroatoms. The second-order valence-electron chi connectivity index (χ2n) is 0.908. The fraction of sp³-hybridized carbons (Fsp3) is 0.667. The van der Waals surface area contributed by atoms with Gasteiger partial charge in [-0.2, -0.15) is 0 Å². The average molecular weight is 116 g/mol. The minimum absolute atomic E-state index is 0. The molecule has 0 spiro atoms. The van der Waals surface area contributed by atoms with Crippen LogP contribution < -0.4 is 29.6 Å². The topological polar surface area (TPSA) is 78.6 Å². The smallest absolute Gasteiger partial charge is 0.870 e. The maximum atomic E-state index is 9.44. The van der Waals surface area contributed by atoms with Crippen LogP contribution >= 0.6 is 0 Å². The minimum atomic E-state index is 0. The van der Waals surface area contributed by atoms with E-state index in [9.17, 15) is 4.79 Å². The number of Topliss-reactive ketones (excluding diaryl/α,β-unsaturated/α-hetero) is 1. The Morgan fingerprint density at radius 3 is 1.29 bits per heavy atom. The Morgan fingerprint density at radius 1 is 1.29 bits per heavy atom. The minimum Gasteiger partial charge on any atom is -0.870 e. The zero-order valence-corrected chi connectivity index (χ0v) is 6.86. The monoisotopic (exact) mass is 116 g/mol. The second kappa shape index (κ2) is 16.0. The van der Waals surface area contributed by atoms with Crippen LogP contribution in [0.25, 0.3) is 0 Å². The van der Waals surface area contributed by atoms with Gasteiger partial charge in [-0.25, -0.2) is 0 Å². The number of carbonyl (C=O) groups excluding carboxylic acids is 1. The van der Waals surface area contributed by atoms with E-state index in [-0.39, 0.29) is 46.3 Å². The Morgan fingerprint density at radius 2 is 1.29 bits per heavy atom. The Labute approximate surface area is 65.0 Å². The van der Waals surface area contributed by atoms with Gasteiger partial charge in [-0.15, -0.1) is 0 Å². The fourth-order valence-electron chi connectivity index (χ4n) is 0. The van der Waals surface area contributed by atoms with Crippen LogP contribution in [0.3, 0.4) is 0 Å². The molecular formula is C3H9NaO3. The zero-order valence-electron chi connectivity index (χ0n) is 4.86. The predicted molar refractivity (Wildman–Crippen MR) is 21.9 cm³/mol. The number of hydrogen-bond donors (Lipinski definition) is 0. The average Bonchev–Trinajstić information content (AvgIpc) is 0.811. The van der Waals surface area contributed by atoms with Crippen molar-refractivity contribution in [3.05, 3.63) is 0 Å². The van der Waals surface area contributed by atoms with Crippen LogP contribution in [0.4, 0.5) is 0 Å². The van der Waals surface area contributed by atoms with Crippen molar-refractivity contribution >= 4 is 5.78 Å². The fourth-order valence-corrected chi connectivity index (χ4v) is 0. The number of hydrogen-bond acceptors (Lipinski definition) is 2. The van der Waals surface area contributed by atoms with Gasteiger partial charge in [-0.1, -0.05) is 0 Å². The SMILES string of the molecule is CC(C)=O.O.[Na+].[OH-]. The summed E-state index contributed by atoms with van der Waals surface area (Å²) in [7, 11) is 0. The molecule has 7 heavy (non-hydrogen) atoms. The Bertz CT molecular complexity index is 33.2. The summed E-state index contributed by atoms with van der Waals surface area (Å²) in [5, 5.41) is 0. The predicted octanol–water partition coefficient (Wildman–Crippen LogP) is -3.40. The molecule has 0 aliphatic rings. The van der Waals surface area contributed by atoms with Crippen molar-refractivity contribution in [1.82, 2.24) is 0 Å². The molecule has 0 aliphatic heterocycles. The normalized spacial score (nSPS) is 3.71. The van der Waals surface area contributed by atoms with E-state index in [0.717, 1.165) is 0 Å². The maximum Gasteiger partial charge on any atom is 1.00 e. The molecule has 3 N–H and O–H groups in total. The molecule has 40 valence electrons.